The summed E-state index contributed by atoms with van der Waals surface area (Å²) in [6.45, 7) is 0. The Morgan fingerprint density at radius 1 is 0.684 bits per heavy atom. The average Bonchev–Trinajstić information content (AvgIpc) is 2.40. The molecule has 3 nitrogen and oxygen atoms in total. The predicted octanol–water partition coefficient (Wildman–Crippen LogP) is 1.30. The molecule has 0 aliphatic carbocycles. The second kappa shape index (κ2) is 6.72. The van der Waals surface area contributed by atoms with Crippen molar-refractivity contribution in [3.63, 3.8) is 0 Å². The molecule has 0 heterocycles. The summed E-state index contributed by atoms with van der Waals surface area (Å²) in [5.41, 5.74) is 1.17. The lowest BCUT2D eigenvalue weighted by atomic mass is 9.71. The van der Waals surface area contributed by atoms with Crippen LogP contribution >= 0.6 is 31.9 Å². The van der Waals surface area contributed by atoms with Gasteiger partial charge in [0.2, 0.25) is 0 Å². The third kappa shape index (κ3) is 4.19. The zero-order chi connectivity index (χ0) is 13.8. The summed E-state index contributed by atoms with van der Waals surface area (Å²) in [7, 11) is -2.35. The van der Waals surface area contributed by atoms with E-state index in [1.807, 2.05) is 0 Å². The molecule has 2 aromatic carbocycles. The molecule has 0 atom stereocenters. The van der Waals surface area contributed by atoms with Crippen molar-refractivity contribution in [3.05, 3.63) is 57.5 Å². The molecule has 0 spiro atoms. The summed E-state index contributed by atoms with van der Waals surface area (Å²) in [5, 5.41) is 19.8. The molecular weight excluding hydrogens is 374 g/mol. The molecule has 19 heavy (non-hydrogen) atoms. The van der Waals surface area contributed by atoms with Gasteiger partial charge in [-0.3, -0.25) is 0 Å². The third-order valence-corrected chi connectivity index (χ3v) is 3.63. The molecule has 0 unspecified atom stereocenters. The Morgan fingerprint density at radius 3 is 1.32 bits per heavy atom. The Morgan fingerprint density at radius 2 is 1.00 bits per heavy atom. The Bertz CT molecular complexity index is 484. The van der Waals surface area contributed by atoms with Crippen molar-refractivity contribution in [2.45, 2.75) is 0 Å². The highest BCUT2D eigenvalue weighted by Crippen LogP contribution is 2.07. The van der Waals surface area contributed by atoms with E-state index in [2.05, 4.69) is 31.9 Å². The van der Waals surface area contributed by atoms with Crippen LogP contribution in [0.5, 0.6) is 0 Å². The van der Waals surface area contributed by atoms with Crippen LogP contribution in [-0.2, 0) is 4.57 Å². The highest BCUT2D eigenvalue weighted by molar-refractivity contribution is 9.10. The molecule has 0 fully saturated rings. The van der Waals surface area contributed by atoms with Crippen molar-refractivity contribution in [2.24, 2.45) is 0 Å². The molecule has 0 aromatic heterocycles. The molecule has 2 N–H and O–H groups in total. The number of benzene rings is 2. The van der Waals surface area contributed by atoms with E-state index < -0.39 is 14.2 Å². The third-order valence-electron chi connectivity index (χ3n) is 2.57. The lowest BCUT2D eigenvalue weighted by molar-refractivity contribution is 0.379. The van der Waals surface area contributed by atoms with E-state index in [0.29, 0.717) is 10.9 Å². The minimum absolute atomic E-state index is 0.583. The second-order valence-electron chi connectivity index (χ2n) is 3.94. The minimum atomic E-state index is -1.17. The van der Waals surface area contributed by atoms with Crippen molar-refractivity contribution in [1.82, 2.24) is 0 Å². The summed E-state index contributed by atoms with van der Waals surface area (Å²) in [5.74, 6) is 0. The topological polar surface area (TPSA) is 49.7 Å². The fourth-order valence-corrected chi connectivity index (χ4v) is 2.06. The maximum absolute atomic E-state index is 9.89. The molecular formula is C12H10B2Br2O3. The average molecular weight is 384 g/mol. The van der Waals surface area contributed by atoms with Crippen LogP contribution in [0, 0.1) is 0 Å². The minimum Gasteiger partial charge on any atom is -0.443 e. The van der Waals surface area contributed by atoms with Crippen LogP contribution in [0.1, 0.15) is 0 Å². The van der Waals surface area contributed by atoms with Crippen molar-refractivity contribution >= 4 is 57.0 Å². The molecule has 2 aromatic rings. The summed E-state index contributed by atoms with van der Waals surface area (Å²) < 4.78 is 7.01. The monoisotopic (exact) mass is 382 g/mol. The summed E-state index contributed by atoms with van der Waals surface area (Å²) in [4.78, 5) is 0. The van der Waals surface area contributed by atoms with E-state index in [9.17, 15) is 10.0 Å². The van der Waals surface area contributed by atoms with Crippen LogP contribution < -0.4 is 10.9 Å². The molecule has 96 valence electrons. The van der Waals surface area contributed by atoms with Crippen LogP contribution in [0.4, 0.5) is 0 Å². The number of halogens is 2. The van der Waals surface area contributed by atoms with Crippen molar-refractivity contribution in [2.75, 3.05) is 0 Å². The van der Waals surface area contributed by atoms with E-state index in [4.69, 9.17) is 4.57 Å². The first kappa shape index (κ1) is 14.8. The van der Waals surface area contributed by atoms with E-state index >= 15 is 0 Å². The van der Waals surface area contributed by atoms with Gasteiger partial charge in [0.1, 0.15) is 0 Å². The van der Waals surface area contributed by atoms with Gasteiger partial charge in [-0.15, -0.1) is 0 Å². The highest BCUT2D eigenvalue weighted by Gasteiger charge is 2.25. The van der Waals surface area contributed by atoms with E-state index in [0.717, 1.165) is 8.95 Å². The van der Waals surface area contributed by atoms with Gasteiger partial charge in [-0.2, -0.15) is 0 Å². The fraction of sp³-hybridized carbons (Fsp3) is 0. The van der Waals surface area contributed by atoms with Gasteiger partial charge >= 0.3 is 14.2 Å². The Labute approximate surface area is 129 Å². The number of rotatable bonds is 4. The van der Waals surface area contributed by atoms with E-state index in [-0.39, 0.29) is 0 Å². The second-order valence-corrected chi connectivity index (χ2v) is 5.78. The molecule has 2 rings (SSSR count). The SMILES string of the molecule is OB(OB(O)c1ccc(Br)cc1)c1ccc(Br)cc1. The van der Waals surface area contributed by atoms with E-state index in [1.165, 1.54) is 0 Å². The van der Waals surface area contributed by atoms with Crippen LogP contribution in [0.2, 0.25) is 0 Å². The molecule has 7 heteroatoms. The van der Waals surface area contributed by atoms with Gasteiger partial charge in [0.15, 0.2) is 0 Å². The molecule has 0 saturated carbocycles. The Kier molecular flexibility index (Phi) is 5.24. The van der Waals surface area contributed by atoms with Gasteiger partial charge < -0.3 is 14.6 Å². The van der Waals surface area contributed by atoms with Gasteiger partial charge in [0, 0.05) is 8.95 Å². The lowest BCUT2D eigenvalue weighted by Gasteiger charge is -2.12. The first-order chi connectivity index (χ1) is 9.06. The fourth-order valence-electron chi connectivity index (χ4n) is 1.53. The first-order valence-electron chi connectivity index (χ1n) is 5.59. The van der Waals surface area contributed by atoms with Crippen molar-refractivity contribution in [3.8, 4) is 0 Å². The first-order valence-corrected chi connectivity index (χ1v) is 7.17. The summed E-state index contributed by atoms with van der Waals surface area (Å²) >= 11 is 6.63. The van der Waals surface area contributed by atoms with Crippen LogP contribution in [0.25, 0.3) is 0 Å². The van der Waals surface area contributed by atoms with Gasteiger partial charge in [-0.25, -0.2) is 0 Å². The molecule has 0 radical (unpaired) electrons. The van der Waals surface area contributed by atoms with Gasteiger partial charge in [-0.1, -0.05) is 56.1 Å². The lowest BCUT2D eigenvalue weighted by Crippen LogP contribution is -2.44. The van der Waals surface area contributed by atoms with Crippen molar-refractivity contribution in [1.29, 1.82) is 0 Å². The molecule has 0 bridgehead atoms. The van der Waals surface area contributed by atoms with Crippen LogP contribution in [0.15, 0.2) is 57.5 Å². The largest absolute Gasteiger partial charge is 0.477 e. The predicted molar refractivity (Wildman–Crippen MR) is 84.6 cm³/mol. The smallest absolute Gasteiger partial charge is 0.443 e. The summed E-state index contributed by atoms with van der Waals surface area (Å²) in [6, 6.07) is 14.1. The number of hydrogen-bond acceptors (Lipinski definition) is 3. The zero-order valence-electron chi connectivity index (χ0n) is 9.83. The van der Waals surface area contributed by atoms with Crippen molar-refractivity contribution < 1.29 is 14.6 Å². The maximum Gasteiger partial charge on any atom is 0.477 e. The molecule has 0 aliphatic heterocycles. The van der Waals surface area contributed by atoms with Crippen LogP contribution in [-0.4, -0.2) is 24.3 Å². The molecule has 0 amide bonds. The molecule has 0 saturated heterocycles. The van der Waals surface area contributed by atoms with Gasteiger partial charge in [0.05, 0.1) is 0 Å². The Balaban J connectivity index is 2.03. The summed E-state index contributed by atoms with van der Waals surface area (Å²) in [6.07, 6.45) is 0. The number of hydrogen-bond donors (Lipinski definition) is 2. The highest BCUT2D eigenvalue weighted by atomic mass is 79.9. The zero-order valence-corrected chi connectivity index (χ0v) is 13.0. The molecule has 0 aliphatic rings. The van der Waals surface area contributed by atoms with E-state index in [1.54, 1.807) is 48.5 Å². The quantitative estimate of drug-likeness (QED) is 0.783. The van der Waals surface area contributed by atoms with Gasteiger partial charge in [0.25, 0.3) is 0 Å². The normalized spacial score (nSPS) is 10.3. The van der Waals surface area contributed by atoms with Gasteiger partial charge in [-0.05, 0) is 35.2 Å². The van der Waals surface area contributed by atoms with Crippen LogP contribution in [0.3, 0.4) is 0 Å². The Hall–Kier alpha value is -0.590. The maximum atomic E-state index is 9.89. The standard InChI is InChI=1S/C12H10B2Br2O3/c15-11-5-1-9(2-6-11)13(17)19-14(18)10-3-7-12(16)8-4-10/h1-8,17-18H.